The van der Waals surface area contributed by atoms with Crippen LogP contribution in [0.25, 0.3) is 0 Å². The molecule has 0 saturated carbocycles. The first kappa shape index (κ1) is 9.75. The number of ether oxygens (including phenoxy) is 1. The minimum absolute atomic E-state index is 0.899. The Balaban J connectivity index is 2.16. The maximum absolute atomic E-state index is 5.37. The second-order valence-electron chi connectivity index (χ2n) is 3.51. The van der Waals surface area contributed by atoms with E-state index in [1.54, 1.807) is 0 Å². The molecule has 70 valence electrons. The highest BCUT2D eigenvalue weighted by Gasteiger charge is 2.07. The Morgan fingerprint density at radius 1 is 1.42 bits per heavy atom. The summed E-state index contributed by atoms with van der Waals surface area (Å²) in [6.45, 7) is 11.3. The summed E-state index contributed by atoms with van der Waals surface area (Å²) in [6.07, 6.45) is 2.30. The molecule has 12 heavy (non-hydrogen) atoms. The summed E-state index contributed by atoms with van der Waals surface area (Å²) in [6, 6.07) is 0. The molecule has 1 fully saturated rings. The summed E-state index contributed by atoms with van der Waals surface area (Å²) >= 11 is 0. The molecule has 0 spiro atoms. The zero-order valence-electron chi connectivity index (χ0n) is 8.01. The lowest BCUT2D eigenvalue weighted by Crippen LogP contribution is -2.27. The standard InChI is InChI=1S/C10H19NO/c1-10(2)4-6-11-5-3-8-12-9-7-11/h1,3-9H2,2H3. The lowest BCUT2D eigenvalue weighted by Gasteiger charge is -2.18. The first-order chi connectivity index (χ1) is 5.79. The molecule has 1 aliphatic rings. The topological polar surface area (TPSA) is 12.5 Å². The smallest absolute Gasteiger partial charge is 0.0593 e. The van der Waals surface area contributed by atoms with Crippen molar-refractivity contribution >= 4 is 0 Å². The van der Waals surface area contributed by atoms with Gasteiger partial charge in [-0.25, -0.2) is 0 Å². The van der Waals surface area contributed by atoms with Gasteiger partial charge in [0.1, 0.15) is 0 Å². The Kier molecular flexibility index (Phi) is 4.33. The van der Waals surface area contributed by atoms with E-state index in [2.05, 4.69) is 18.4 Å². The highest BCUT2D eigenvalue weighted by molar-refractivity contribution is 4.88. The fourth-order valence-corrected chi connectivity index (χ4v) is 1.37. The van der Waals surface area contributed by atoms with Gasteiger partial charge in [0, 0.05) is 26.2 Å². The first-order valence-electron chi connectivity index (χ1n) is 4.73. The Labute approximate surface area is 75.2 Å². The van der Waals surface area contributed by atoms with Crippen LogP contribution in [-0.2, 0) is 4.74 Å². The zero-order valence-corrected chi connectivity index (χ0v) is 8.01. The van der Waals surface area contributed by atoms with Gasteiger partial charge in [-0.05, 0) is 19.8 Å². The van der Waals surface area contributed by atoms with Crippen LogP contribution in [-0.4, -0.2) is 37.7 Å². The van der Waals surface area contributed by atoms with Crippen molar-refractivity contribution in [1.82, 2.24) is 4.90 Å². The maximum atomic E-state index is 5.37. The second-order valence-corrected chi connectivity index (χ2v) is 3.51. The van der Waals surface area contributed by atoms with Crippen LogP contribution < -0.4 is 0 Å². The number of hydrogen-bond acceptors (Lipinski definition) is 2. The van der Waals surface area contributed by atoms with Crippen LogP contribution in [0.2, 0.25) is 0 Å². The average molecular weight is 169 g/mol. The van der Waals surface area contributed by atoms with Crippen LogP contribution in [0.3, 0.4) is 0 Å². The SMILES string of the molecule is C=C(C)CCN1CCCOCC1. The summed E-state index contributed by atoms with van der Waals surface area (Å²) in [5, 5.41) is 0. The predicted octanol–water partition coefficient (Wildman–Crippen LogP) is 1.67. The molecule has 0 aromatic rings. The van der Waals surface area contributed by atoms with Gasteiger partial charge in [-0.15, -0.1) is 6.58 Å². The maximum Gasteiger partial charge on any atom is 0.0593 e. The highest BCUT2D eigenvalue weighted by atomic mass is 16.5. The van der Waals surface area contributed by atoms with Crippen LogP contribution in [0.4, 0.5) is 0 Å². The molecule has 0 radical (unpaired) electrons. The van der Waals surface area contributed by atoms with Gasteiger partial charge in [-0.3, -0.25) is 0 Å². The van der Waals surface area contributed by atoms with Crippen LogP contribution in [0.1, 0.15) is 19.8 Å². The summed E-state index contributed by atoms with van der Waals surface area (Å²) in [5.41, 5.74) is 1.28. The van der Waals surface area contributed by atoms with E-state index >= 15 is 0 Å². The van der Waals surface area contributed by atoms with E-state index < -0.39 is 0 Å². The van der Waals surface area contributed by atoms with Crippen molar-refractivity contribution in [2.75, 3.05) is 32.8 Å². The van der Waals surface area contributed by atoms with Gasteiger partial charge < -0.3 is 9.64 Å². The van der Waals surface area contributed by atoms with Crippen molar-refractivity contribution in [2.45, 2.75) is 19.8 Å². The fourth-order valence-electron chi connectivity index (χ4n) is 1.37. The van der Waals surface area contributed by atoms with Crippen LogP contribution >= 0.6 is 0 Å². The predicted molar refractivity (Wildman–Crippen MR) is 51.3 cm³/mol. The fraction of sp³-hybridized carbons (Fsp3) is 0.800. The molecule has 1 heterocycles. The molecule has 1 rings (SSSR count). The molecule has 1 saturated heterocycles. The molecule has 2 nitrogen and oxygen atoms in total. The number of rotatable bonds is 3. The van der Waals surface area contributed by atoms with E-state index in [0.717, 1.165) is 32.7 Å². The third-order valence-electron chi connectivity index (χ3n) is 2.17. The van der Waals surface area contributed by atoms with E-state index in [9.17, 15) is 0 Å². The molecule has 0 aliphatic carbocycles. The van der Waals surface area contributed by atoms with Gasteiger partial charge >= 0.3 is 0 Å². The third-order valence-corrected chi connectivity index (χ3v) is 2.17. The van der Waals surface area contributed by atoms with Crippen molar-refractivity contribution in [3.05, 3.63) is 12.2 Å². The normalized spacial score (nSPS) is 20.4. The quantitative estimate of drug-likeness (QED) is 0.596. The first-order valence-corrected chi connectivity index (χ1v) is 4.73. The van der Waals surface area contributed by atoms with Crippen molar-refractivity contribution in [1.29, 1.82) is 0 Å². The van der Waals surface area contributed by atoms with Crippen molar-refractivity contribution < 1.29 is 4.74 Å². The molecular formula is C10H19NO. The monoisotopic (exact) mass is 169 g/mol. The third kappa shape index (κ3) is 3.88. The molecule has 0 unspecified atom stereocenters. The summed E-state index contributed by atoms with van der Waals surface area (Å²) in [4.78, 5) is 2.46. The molecule has 0 atom stereocenters. The minimum atomic E-state index is 0.899. The minimum Gasteiger partial charge on any atom is -0.380 e. The van der Waals surface area contributed by atoms with Crippen LogP contribution in [0.15, 0.2) is 12.2 Å². The highest BCUT2D eigenvalue weighted by Crippen LogP contribution is 2.03. The molecule has 0 N–H and O–H groups in total. The second kappa shape index (κ2) is 5.33. The van der Waals surface area contributed by atoms with E-state index in [4.69, 9.17) is 4.74 Å². The van der Waals surface area contributed by atoms with Crippen molar-refractivity contribution in [3.63, 3.8) is 0 Å². The van der Waals surface area contributed by atoms with Gasteiger partial charge in [-0.1, -0.05) is 5.57 Å². The van der Waals surface area contributed by atoms with Gasteiger partial charge in [-0.2, -0.15) is 0 Å². The summed E-state index contributed by atoms with van der Waals surface area (Å²) in [7, 11) is 0. The van der Waals surface area contributed by atoms with Gasteiger partial charge in [0.15, 0.2) is 0 Å². The number of hydrogen-bond donors (Lipinski definition) is 0. The summed E-state index contributed by atoms with van der Waals surface area (Å²) in [5.74, 6) is 0. The average Bonchev–Trinajstić information content (AvgIpc) is 2.28. The van der Waals surface area contributed by atoms with Gasteiger partial charge in [0.2, 0.25) is 0 Å². The molecular weight excluding hydrogens is 150 g/mol. The molecule has 0 aromatic heterocycles. The van der Waals surface area contributed by atoms with Crippen LogP contribution in [0.5, 0.6) is 0 Å². The Hall–Kier alpha value is -0.340. The van der Waals surface area contributed by atoms with E-state index in [0.29, 0.717) is 0 Å². The van der Waals surface area contributed by atoms with E-state index in [1.165, 1.54) is 18.5 Å². The van der Waals surface area contributed by atoms with Gasteiger partial charge in [0.25, 0.3) is 0 Å². The largest absolute Gasteiger partial charge is 0.380 e. The zero-order chi connectivity index (χ0) is 8.81. The lowest BCUT2D eigenvalue weighted by atomic mass is 10.2. The molecule has 0 aromatic carbocycles. The number of nitrogens with zero attached hydrogens (tertiary/aromatic N) is 1. The van der Waals surface area contributed by atoms with Gasteiger partial charge in [0.05, 0.1) is 6.61 Å². The van der Waals surface area contributed by atoms with Crippen molar-refractivity contribution in [2.24, 2.45) is 0 Å². The summed E-state index contributed by atoms with van der Waals surface area (Å²) < 4.78 is 5.37. The van der Waals surface area contributed by atoms with E-state index in [-0.39, 0.29) is 0 Å². The Morgan fingerprint density at radius 3 is 3.00 bits per heavy atom. The molecule has 1 aliphatic heterocycles. The molecule has 2 heteroatoms. The Morgan fingerprint density at radius 2 is 2.25 bits per heavy atom. The molecule has 0 bridgehead atoms. The molecule has 0 amide bonds. The lowest BCUT2D eigenvalue weighted by molar-refractivity contribution is 0.141. The van der Waals surface area contributed by atoms with E-state index in [1.807, 2.05) is 0 Å². The Bertz CT molecular complexity index is 137. The van der Waals surface area contributed by atoms with Crippen molar-refractivity contribution in [3.8, 4) is 0 Å². The van der Waals surface area contributed by atoms with Crippen LogP contribution in [0, 0.1) is 0 Å².